The number of nitrogens with zero attached hydrogens (tertiary/aromatic N) is 2. The molecule has 2 rings (SSSR count). The Balaban J connectivity index is 2.29. The lowest BCUT2D eigenvalue weighted by molar-refractivity contribution is -0.385. The summed E-state index contributed by atoms with van der Waals surface area (Å²) in [6.07, 6.45) is 0.754. The van der Waals surface area contributed by atoms with Crippen molar-refractivity contribution in [2.24, 2.45) is 5.73 Å². The second-order valence-corrected chi connectivity index (χ2v) is 4.34. The molecular weight excluding hydrogens is 270 g/mol. The fraction of sp³-hybridized carbons (Fsp3) is 0.133. The maximum atomic E-state index is 11.0. The van der Waals surface area contributed by atoms with Crippen LogP contribution < -0.4 is 10.5 Å². The highest BCUT2D eigenvalue weighted by Gasteiger charge is 2.16. The van der Waals surface area contributed by atoms with Crippen LogP contribution >= 0.6 is 0 Å². The molecule has 0 aromatic heterocycles. The largest absolute Gasteiger partial charge is 0.450 e. The van der Waals surface area contributed by atoms with E-state index in [0.29, 0.717) is 17.9 Å². The Morgan fingerprint density at radius 1 is 1.24 bits per heavy atom. The van der Waals surface area contributed by atoms with E-state index in [1.54, 1.807) is 12.1 Å². The van der Waals surface area contributed by atoms with E-state index in [9.17, 15) is 10.1 Å². The number of ether oxygens (including phenoxy) is 1. The fourth-order valence-electron chi connectivity index (χ4n) is 1.83. The molecule has 0 aliphatic rings. The number of benzene rings is 2. The average Bonchev–Trinajstić information content (AvgIpc) is 2.49. The molecule has 0 aliphatic carbocycles. The molecule has 0 aliphatic heterocycles. The summed E-state index contributed by atoms with van der Waals surface area (Å²) < 4.78 is 5.52. The highest BCUT2D eigenvalue weighted by atomic mass is 16.6. The van der Waals surface area contributed by atoms with Gasteiger partial charge < -0.3 is 10.5 Å². The summed E-state index contributed by atoms with van der Waals surface area (Å²) in [5.74, 6) is 0.514. The summed E-state index contributed by atoms with van der Waals surface area (Å²) >= 11 is 0. The lowest BCUT2D eigenvalue weighted by atomic mass is 10.1. The van der Waals surface area contributed by atoms with E-state index in [4.69, 9.17) is 15.7 Å². The van der Waals surface area contributed by atoms with Gasteiger partial charge in [0, 0.05) is 12.1 Å². The first kappa shape index (κ1) is 14.5. The van der Waals surface area contributed by atoms with Crippen molar-refractivity contribution in [1.29, 1.82) is 5.26 Å². The average molecular weight is 283 g/mol. The standard InChI is InChI=1S/C15H13N3O3/c16-8-7-11-1-4-13(5-2-11)21-15-9-12(10-17)3-6-14(15)18(19)20/h1-6,9H,7-8,16H2. The molecule has 2 aromatic carbocycles. The van der Waals surface area contributed by atoms with Crippen LogP contribution in [0.4, 0.5) is 5.69 Å². The molecule has 6 heteroatoms. The van der Waals surface area contributed by atoms with Gasteiger partial charge in [-0.3, -0.25) is 10.1 Å². The third-order valence-corrected chi connectivity index (χ3v) is 2.87. The third-order valence-electron chi connectivity index (χ3n) is 2.87. The molecule has 0 spiro atoms. The van der Waals surface area contributed by atoms with Gasteiger partial charge >= 0.3 is 5.69 Å². The zero-order chi connectivity index (χ0) is 15.2. The highest BCUT2D eigenvalue weighted by Crippen LogP contribution is 2.32. The molecule has 2 N–H and O–H groups in total. The smallest absolute Gasteiger partial charge is 0.311 e. The number of nitrogens with two attached hydrogens (primary N) is 1. The summed E-state index contributed by atoms with van der Waals surface area (Å²) in [5.41, 5.74) is 6.65. The van der Waals surface area contributed by atoms with Crippen LogP contribution in [-0.2, 0) is 6.42 Å². The van der Waals surface area contributed by atoms with E-state index in [-0.39, 0.29) is 11.4 Å². The summed E-state index contributed by atoms with van der Waals surface area (Å²) in [7, 11) is 0. The molecule has 0 amide bonds. The van der Waals surface area contributed by atoms with Gasteiger partial charge in [0.05, 0.1) is 16.6 Å². The SMILES string of the molecule is N#Cc1ccc([N+](=O)[O-])c(Oc2ccc(CCN)cc2)c1. The van der Waals surface area contributed by atoms with Gasteiger partial charge in [0.1, 0.15) is 5.75 Å². The number of nitro benzene ring substituents is 1. The van der Waals surface area contributed by atoms with Crippen molar-refractivity contribution >= 4 is 5.69 Å². The van der Waals surface area contributed by atoms with Crippen LogP contribution in [0.1, 0.15) is 11.1 Å². The number of rotatable bonds is 5. The van der Waals surface area contributed by atoms with Crippen LogP contribution in [0.5, 0.6) is 11.5 Å². The molecule has 106 valence electrons. The van der Waals surface area contributed by atoms with Gasteiger partial charge in [0.25, 0.3) is 0 Å². The summed E-state index contributed by atoms with van der Waals surface area (Å²) in [6.45, 7) is 0.551. The first-order valence-electron chi connectivity index (χ1n) is 6.29. The van der Waals surface area contributed by atoms with Crippen molar-refractivity contribution < 1.29 is 9.66 Å². The highest BCUT2D eigenvalue weighted by molar-refractivity contribution is 5.53. The first-order chi connectivity index (χ1) is 10.1. The van der Waals surface area contributed by atoms with E-state index < -0.39 is 4.92 Å². The minimum absolute atomic E-state index is 0.0469. The lowest BCUT2D eigenvalue weighted by Gasteiger charge is -2.07. The third kappa shape index (κ3) is 3.55. The molecular formula is C15H13N3O3. The van der Waals surface area contributed by atoms with Gasteiger partial charge in [0.2, 0.25) is 5.75 Å². The Bertz CT molecular complexity index is 690. The number of hydrogen-bond donors (Lipinski definition) is 1. The van der Waals surface area contributed by atoms with Crippen LogP contribution in [0.25, 0.3) is 0 Å². The van der Waals surface area contributed by atoms with E-state index in [2.05, 4.69) is 0 Å². The van der Waals surface area contributed by atoms with Crippen LogP contribution in [0.2, 0.25) is 0 Å². The normalized spacial score (nSPS) is 9.90. The molecule has 0 radical (unpaired) electrons. The second-order valence-electron chi connectivity index (χ2n) is 4.34. The summed E-state index contributed by atoms with van der Waals surface area (Å²) in [5, 5.41) is 19.8. The maximum absolute atomic E-state index is 11.0. The molecule has 0 heterocycles. The fourth-order valence-corrected chi connectivity index (χ4v) is 1.83. The summed E-state index contributed by atoms with van der Waals surface area (Å²) in [6, 6.07) is 13.1. The molecule has 6 nitrogen and oxygen atoms in total. The van der Waals surface area contributed by atoms with E-state index in [0.717, 1.165) is 12.0 Å². The Labute approximate surface area is 121 Å². The van der Waals surface area contributed by atoms with Crippen molar-refractivity contribution in [3.8, 4) is 17.6 Å². The van der Waals surface area contributed by atoms with E-state index in [1.165, 1.54) is 18.2 Å². The second kappa shape index (κ2) is 6.50. The van der Waals surface area contributed by atoms with Crippen LogP contribution in [-0.4, -0.2) is 11.5 Å². The van der Waals surface area contributed by atoms with E-state index >= 15 is 0 Å². The minimum Gasteiger partial charge on any atom is -0.450 e. The molecule has 0 saturated carbocycles. The van der Waals surface area contributed by atoms with Crippen molar-refractivity contribution in [2.75, 3.05) is 6.54 Å². The molecule has 0 unspecified atom stereocenters. The molecule has 21 heavy (non-hydrogen) atoms. The zero-order valence-corrected chi connectivity index (χ0v) is 11.2. The predicted octanol–water partition coefficient (Wildman–Crippen LogP) is 2.76. The predicted molar refractivity (Wildman–Crippen MR) is 77.1 cm³/mol. The van der Waals surface area contributed by atoms with Crippen molar-refractivity contribution in [3.05, 3.63) is 63.7 Å². The van der Waals surface area contributed by atoms with Crippen molar-refractivity contribution in [3.63, 3.8) is 0 Å². The molecule has 2 aromatic rings. The first-order valence-corrected chi connectivity index (χ1v) is 6.29. The minimum atomic E-state index is -0.542. The van der Waals surface area contributed by atoms with Crippen LogP contribution in [0.15, 0.2) is 42.5 Å². The summed E-state index contributed by atoms with van der Waals surface area (Å²) in [4.78, 5) is 10.4. The number of nitriles is 1. The van der Waals surface area contributed by atoms with Crippen molar-refractivity contribution in [1.82, 2.24) is 0 Å². The Kier molecular flexibility index (Phi) is 4.49. The molecule has 0 atom stereocenters. The molecule has 0 fully saturated rings. The maximum Gasteiger partial charge on any atom is 0.311 e. The lowest BCUT2D eigenvalue weighted by Crippen LogP contribution is -2.02. The van der Waals surface area contributed by atoms with Gasteiger partial charge in [0.15, 0.2) is 0 Å². The quantitative estimate of drug-likeness (QED) is 0.671. The van der Waals surface area contributed by atoms with Gasteiger partial charge in [-0.15, -0.1) is 0 Å². The van der Waals surface area contributed by atoms with Gasteiger partial charge in [-0.05, 0) is 36.7 Å². The van der Waals surface area contributed by atoms with Gasteiger partial charge in [-0.1, -0.05) is 12.1 Å². The monoisotopic (exact) mass is 283 g/mol. The number of nitro groups is 1. The molecule has 0 bridgehead atoms. The Morgan fingerprint density at radius 2 is 1.95 bits per heavy atom. The zero-order valence-electron chi connectivity index (χ0n) is 11.2. The van der Waals surface area contributed by atoms with Crippen molar-refractivity contribution in [2.45, 2.75) is 6.42 Å². The number of hydrogen-bond acceptors (Lipinski definition) is 5. The van der Waals surface area contributed by atoms with E-state index in [1.807, 2.05) is 18.2 Å². The van der Waals surface area contributed by atoms with Crippen LogP contribution in [0, 0.1) is 21.4 Å². The molecule has 0 saturated heterocycles. The van der Waals surface area contributed by atoms with Gasteiger partial charge in [-0.2, -0.15) is 5.26 Å². The van der Waals surface area contributed by atoms with Crippen LogP contribution in [0.3, 0.4) is 0 Å². The van der Waals surface area contributed by atoms with Gasteiger partial charge in [-0.25, -0.2) is 0 Å². The topological polar surface area (TPSA) is 102 Å². The Hall–Kier alpha value is -2.91. The Morgan fingerprint density at radius 3 is 2.52 bits per heavy atom.